The van der Waals surface area contributed by atoms with Gasteiger partial charge in [0.05, 0.1) is 43.5 Å². The van der Waals surface area contributed by atoms with E-state index >= 15 is 0 Å². The fourth-order valence-electron chi connectivity index (χ4n) is 4.25. The van der Waals surface area contributed by atoms with Crippen LogP contribution >= 0.6 is 0 Å². The first-order valence-corrected chi connectivity index (χ1v) is 10.4. The molecule has 1 aromatic carbocycles. The first-order valence-electron chi connectivity index (χ1n) is 10.4. The molecule has 3 amide bonds. The van der Waals surface area contributed by atoms with Gasteiger partial charge in [-0.25, -0.2) is 4.79 Å². The van der Waals surface area contributed by atoms with Crippen molar-refractivity contribution in [2.75, 3.05) is 33.2 Å². The molecule has 3 rings (SSSR count). The summed E-state index contributed by atoms with van der Waals surface area (Å²) in [4.78, 5) is 30.9. The maximum atomic E-state index is 13.3. The zero-order chi connectivity index (χ0) is 20.3. The number of urea groups is 1. The normalized spacial score (nSPS) is 20.7. The first-order chi connectivity index (χ1) is 13.5. The molecule has 0 radical (unpaired) electrons. The summed E-state index contributed by atoms with van der Waals surface area (Å²) in [6, 6.07) is 9.39. The molecule has 2 N–H and O–H groups in total. The summed E-state index contributed by atoms with van der Waals surface area (Å²) >= 11 is 0. The van der Waals surface area contributed by atoms with Gasteiger partial charge in [0.1, 0.15) is 0 Å². The van der Waals surface area contributed by atoms with Crippen molar-refractivity contribution < 1.29 is 14.5 Å². The van der Waals surface area contributed by atoms with Crippen LogP contribution in [0.1, 0.15) is 45.2 Å². The van der Waals surface area contributed by atoms with Crippen molar-refractivity contribution in [2.45, 2.75) is 45.7 Å². The van der Waals surface area contributed by atoms with Gasteiger partial charge in [0.25, 0.3) is 5.91 Å². The number of quaternary nitrogens is 1. The lowest BCUT2D eigenvalue weighted by Gasteiger charge is -2.31. The molecule has 0 spiro atoms. The minimum absolute atomic E-state index is 0.0541. The minimum Gasteiger partial charge on any atom is -0.335 e. The Morgan fingerprint density at radius 3 is 2.50 bits per heavy atom. The highest BCUT2D eigenvalue weighted by molar-refractivity contribution is 6.01. The van der Waals surface area contributed by atoms with Crippen molar-refractivity contribution in [1.82, 2.24) is 15.1 Å². The van der Waals surface area contributed by atoms with Crippen molar-refractivity contribution in [3.8, 4) is 0 Å². The Hall–Kier alpha value is -2.34. The van der Waals surface area contributed by atoms with Crippen LogP contribution in [0, 0.1) is 0 Å². The van der Waals surface area contributed by atoms with Crippen molar-refractivity contribution in [2.24, 2.45) is 0 Å². The molecule has 1 aromatic rings. The predicted octanol–water partition coefficient (Wildman–Crippen LogP) is 1.57. The van der Waals surface area contributed by atoms with Gasteiger partial charge in [-0.2, -0.15) is 0 Å². The van der Waals surface area contributed by atoms with Gasteiger partial charge in [0, 0.05) is 13.1 Å². The van der Waals surface area contributed by atoms with Crippen molar-refractivity contribution >= 4 is 11.9 Å². The Kier molecular flexibility index (Phi) is 6.39. The Labute approximate surface area is 168 Å². The van der Waals surface area contributed by atoms with Gasteiger partial charge in [-0.15, -0.1) is 0 Å². The smallest absolute Gasteiger partial charge is 0.322 e. The fourth-order valence-corrected chi connectivity index (χ4v) is 4.25. The van der Waals surface area contributed by atoms with E-state index in [1.54, 1.807) is 16.8 Å². The minimum atomic E-state index is -0.371. The van der Waals surface area contributed by atoms with Crippen LogP contribution in [0.4, 0.5) is 4.79 Å². The van der Waals surface area contributed by atoms with Crippen LogP contribution in [-0.2, 0) is 4.79 Å². The highest BCUT2D eigenvalue weighted by atomic mass is 16.2. The summed E-state index contributed by atoms with van der Waals surface area (Å²) in [6.07, 6.45) is 2.08. The molecule has 6 nitrogen and oxygen atoms in total. The van der Waals surface area contributed by atoms with E-state index in [9.17, 15) is 9.59 Å². The third-order valence-electron chi connectivity index (χ3n) is 6.21. The summed E-state index contributed by atoms with van der Waals surface area (Å²) in [5.74, 6) is 0.0541. The van der Waals surface area contributed by atoms with E-state index in [2.05, 4.69) is 26.1 Å². The molecular weight excluding hydrogens is 352 g/mol. The van der Waals surface area contributed by atoms with Crippen LogP contribution in [0.3, 0.4) is 0 Å². The number of hydrogen-bond acceptors (Lipinski definition) is 2. The third-order valence-corrected chi connectivity index (χ3v) is 6.21. The monoisotopic (exact) mass is 385 g/mol. The number of amides is 3. The van der Waals surface area contributed by atoms with Gasteiger partial charge in [-0.3, -0.25) is 9.69 Å². The Morgan fingerprint density at radius 2 is 1.86 bits per heavy atom. The fraction of sp³-hybridized carbons (Fsp3) is 0.545. The zero-order valence-corrected chi connectivity index (χ0v) is 17.5. The number of likely N-dealkylation sites (N-methyl/N-ethyl adjacent to an activating group) is 1. The number of nitrogens with one attached hydrogen (secondary N) is 2. The van der Waals surface area contributed by atoms with E-state index in [1.807, 2.05) is 35.2 Å². The van der Waals surface area contributed by atoms with Gasteiger partial charge in [-0.05, 0) is 39.2 Å². The van der Waals surface area contributed by atoms with Gasteiger partial charge >= 0.3 is 6.03 Å². The summed E-state index contributed by atoms with van der Waals surface area (Å²) in [7, 11) is 1.75. The van der Waals surface area contributed by atoms with Crippen molar-refractivity contribution in [3.63, 3.8) is 0 Å². The van der Waals surface area contributed by atoms with Gasteiger partial charge in [0.2, 0.25) is 0 Å². The van der Waals surface area contributed by atoms with E-state index in [1.165, 1.54) is 0 Å². The maximum absolute atomic E-state index is 13.3. The molecule has 2 aliphatic rings. The van der Waals surface area contributed by atoms with Crippen LogP contribution in [-0.4, -0.2) is 61.0 Å². The maximum Gasteiger partial charge on any atom is 0.322 e. The quantitative estimate of drug-likeness (QED) is 0.714. The number of carbonyl (C=O) groups is 2. The van der Waals surface area contributed by atoms with Crippen LogP contribution < -0.4 is 10.2 Å². The number of nitrogens with zero attached hydrogens (tertiary/aromatic N) is 2. The van der Waals surface area contributed by atoms with E-state index in [0.29, 0.717) is 6.54 Å². The van der Waals surface area contributed by atoms with Crippen molar-refractivity contribution in [3.05, 3.63) is 47.2 Å². The average molecular weight is 386 g/mol. The van der Waals surface area contributed by atoms with Gasteiger partial charge in [-0.1, -0.05) is 30.3 Å². The number of carbonyl (C=O) groups excluding carboxylic acids is 2. The number of benzene rings is 1. The SMILES string of the molecule is CC[NH+](CC)CCC[C@H](C)N1CC2=C(C1=O)[C@@H](c1ccccc1)NC(=O)N2C. The molecule has 6 heteroatoms. The second-order valence-electron chi connectivity index (χ2n) is 7.84. The summed E-state index contributed by atoms with van der Waals surface area (Å²) in [5.41, 5.74) is 2.50. The molecule has 0 saturated carbocycles. The molecule has 2 heterocycles. The molecule has 0 aromatic heterocycles. The second-order valence-corrected chi connectivity index (χ2v) is 7.84. The largest absolute Gasteiger partial charge is 0.335 e. The lowest BCUT2D eigenvalue weighted by Crippen LogP contribution is -3.11. The third kappa shape index (κ3) is 3.92. The molecule has 2 aliphatic heterocycles. The number of hydrogen-bond donors (Lipinski definition) is 2. The average Bonchev–Trinajstić information content (AvgIpc) is 3.06. The van der Waals surface area contributed by atoms with Crippen LogP contribution in [0.15, 0.2) is 41.6 Å². The predicted molar refractivity (Wildman–Crippen MR) is 110 cm³/mol. The molecular formula is C22H33N4O2+. The second kappa shape index (κ2) is 8.78. The van der Waals surface area contributed by atoms with E-state index in [0.717, 1.165) is 49.3 Å². The molecule has 0 saturated heterocycles. The van der Waals surface area contributed by atoms with E-state index < -0.39 is 0 Å². The lowest BCUT2D eigenvalue weighted by atomic mass is 9.96. The highest BCUT2D eigenvalue weighted by Crippen LogP contribution is 2.36. The molecule has 0 aliphatic carbocycles. The van der Waals surface area contributed by atoms with Crippen LogP contribution in [0.5, 0.6) is 0 Å². The molecule has 28 heavy (non-hydrogen) atoms. The summed E-state index contributed by atoms with van der Waals surface area (Å²) in [5, 5.41) is 3.00. The molecule has 152 valence electrons. The molecule has 0 fully saturated rings. The molecule has 0 bridgehead atoms. The topological polar surface area (TPSA) is 57.1 Å². The van der Waals surface area contributed by atoms with Crippen molar-refractivity contribution in [1.29, 1.82) is 0 Å². The van der Waals surface area contributed by atoms with Gasteiger partial charge in [0.15, 0.2) is 0 Å². The molecule has 0 unspecified atom stereocenters. The number of rotatable bonds is 8. The Morgan fingerprint density at radius 1 is 1.18 bits per heavy atom. The Balaban J connectivity index is 1.74. The lowest BCUT2D eigenvalue weighted by molar-refractivity contribution is -0.896. The zero-order valence-electron chi connectivity index (χ0n) is 17.5. The van der Waals surface area contributed by atoms with Crippen LogP contribution in [0.25, 0.3) is 0 Å². The summed E-state index contributed by atoms with van der Waals surface area (Å²) in [6.45, 7) is 10.5. The molecule has 2 atom stereocenters. The Bertz CT molecular complexity index is 742. The first kappa shape index (κ1) is 20.4. The van der Waals surface area contributed by atoms with E-state index in [-0.39, 0.29) is 24.0 Å². The highest BCUT2D eigenvalue weighted by Gasteiger charge is 2.43. The van der Waals surface area contributed by atoms with Crippen LogP contribution in [0.2, 0.25) is 0 Å². The van der Waals surface area contributed by atoms with E-state index in [4.69, 9.17) is 0 Å². The van der Waals surface area contributed by atoms with Gasteiger partial charge < -0.3 is 15.1 Å². The standard InChI is InChI=1S/C22H32N4O2/c1-5-25(6-2)14-10-11-16(3)26-15-18-19(21(26)27)20(23-22(28)24(18)4)17-12-8-7-9-13-17/h7-9,12-13,16,20H,5-6,10-11,14-15H2,1-4H3,(H,23,28)/p+1/t16-,20+/m0/s1. The summed E-state index contributed by atoms with van der Waals surface area (Å²) < 4.78 is 0.